The molecular formula is C26H36N8. The van der Waals surface area contributed by atoms with Crippen molar-refractivity contribution in [3.05, 3.63) is 48.8 Å². The van der Waals surface area contributed by atoms with Crippen molar-refractivity contribution >= 4 is 11.5 Å². The molecule has 4 heterocycles. The summed E-state index contributed by atoms with van der Waals surface area (Å²) in [7, 11) is 4.03. The molecule has 5 rings (SSSR count). The summed E-state index contributed by atoms with van der Waals surface area (Å²) in [5, 5.41) is 13.0. The van der Waals surface area contributed by atoms with Crippen LogP contribution in [0.4, 0.5) is 11.5 Å². The minimum atomic E-state index is 0.0473. The predicted octanol–water partition coefficient (Wildman–Crippen LogP) is 3.77. The Labute approximate surface area is 202 Å². The monoisotopic (exact) mass is 460 g/mol. The van der Waals surface area contributed by atoms with Crippen LogP contribution >= 0.6 is 0 Å². The lowest BCUT2D eigenvalue weighted by atomic mass is 9.85. The Kier molecular flexibility index (Phi) is 6.76. The van der Waals surface area contributed by atoms with Gasteiger partial charge in [-0.2, -0.15) is 5.10 Å². The van der Waals surface area contributed by atoms with Crippen LogP contribution in [0, 0.1) is 5.92 Å². The van der Waals surface area contributed by atoms with Gasteiger partial charge < -0.3 is 19.7 Å². The standard InChI is InChI=1S/C26H36N8/c1-19(34-17-25(29-18-34)21-12-23(32(2)3)15-27-14-21)24-9-10-26(31-30-24)33-11-5-8-22(16-33)28-13-20-6-4-7-20/h9-10,12,14-15,17-20,22,28H,4-8,11,13,16H2,1-3H3/t19?,22-/m1/s1. The first-order valence-corrected chi connectivity index (χ1v) is 12.5. The summed E-state index contributed by atoms with van der Waals surface area (Å²) >= 11 is 0. The van der Waals surface area contributed by atoms with Gasteiger partial charge in [-0.3, -0.25) is 4.98 Å². The molecule has 1 N–H and O–H groups in total. The molecule has 3 aromatic heterocycles. The highest BCUT2D eigenvalue weighted by molar-refractivity contribution is 5.63. The number of aromatic nitrogens is 5. The van der Waals surface area contributed by atoms with Crippen molar-refractivity contribution in [1.82, 2.24) is 30.0 Å². The topological polar surface area (TPSA) is 75.0 Å². The van der Waals surface area contributed by atoms with Gasteiger partial charge in [-0.15, -0.1) is 5.10 Å². The second-order valence-electron chi connectivity index (χ2n) is 10.0. The molecule has 180 valence electrons. The van der Waals surface area contributed by atoms with Gasteiger partial charge in [0.05, 0.1) is 35.6 Å². The summed E-state index contributed by atoms with van der Waals surface area (Å²) in [6.07, 6.45) is 14.3. The first-order chi connectivity index (χ1) is 16.6. The lowest BCUT2D eigenvalue weighted by Gasteiger charge is -2.35. The summed E-state index contributed by atoms with van der Waals surface area (Å²) in [4.78, 5) is 13.4. The molecule has 1 saturated carbocycles. The normalized spacial score (nSPS) is 19.6. The summed E-state index contributed by atoms with van der Waals surface area (Å²) in [6, 6.07) is 6.93. The fourth-order valence-corrected chi connectivity index (χ4v) is 4.77. The molecule has 1 aliphatic carbocycles. The molecule has 1 saturated heterocycles. The van der Waals surface area contributed by atoms with Crippen molar-refractivity contribution in [3.8, 4) is 11.3 Å². The van der Waals surface area contributed by atoms with Gasteiger partial charge in [0.15, 0.2) is 5.82 Å². The average Bonchev–Trinajstić information content (AvgIpc) is 3.33. The van der Waals surface area contributed by atoms with Gasteiger partial charge in [0, 0.05) is 51.2 Å². The van der Waals surface area contributed by atoms with Crippen molar-refractivity contribution in [2.24, 2.45) is 5.92 Å². The predicted molar refractivity (Wildman–Crippen MR) is 136 cm³/mol. The van der Waals surface area contributed by atoms with Crippen molar-refractivity contribution in [1.29, 1.82) is 0 Å². The fraction of sp³-hybridized carbons (Fsp3) is 0.538. The van der Waals surface area contributed by atoms with E-state index >= 15 is 0 Å². The van der Waals surface area contributed by atoms with Gasteiger partial charge in [0.25, 0.3) is 0 Å². The maximum absolute atomic E-state index is 4.61. The third-order valence-corrected chi connectivity index (χ3v) is 7.35. The minimum Gasteiger partial charge on any atom is -0.376 e. The third kappa shape index (κ3) is 5.06. The van der Waals surface area contributed by atoms with Crippen molar-refractivity contribution < 1.29 is 0 Å². The first-order valence-electron chi connectivity index (χ1n) is 12.5. The first kappa shape index (κ1) is 22.8. The summed E-state index contributed by atoms with van der Waals surface area (Å²) in [5.74, 6) is 1.87. The van der Waals surface area contributed by atoms with Crippen LogP contribution in [0.2, 0.25) is 0 Å². The van der Waals surface area contributed by atoms with E-state index in [0.717, 1.165) is 47.5 Å². The zero-order valence-electron chi connectivity index (χ0n) is 20.6. The molecule has 1 aliphatic heterocycles. The Hall–Kier alpha value is -3.00. The van der Waals surface area contributed by atoms with Crippen molar-refractivity contribution in [2.75, 3.05) is 43.5 Å². The second-order valence-corrected chi connectivity index (χ2v) is 10.0. The number of rotatable bonds is 8. The second kappa shape index (κ2) is 10.1. The Bertz CT molecular complexity index is 1070. The highest BCUT2D eigenvalue weighted by Crippen LogP contribution is 2.27. The molecule has 2 fully saturated rings. The van der Waals surface area contributed by atoms with E-state index in [1.54, 1.807) is 0 Å². The van der Waals surface area contributed by atoms with Crippen molar-refractivity contribution in [2.45, 2.75) is 51.1 Å². The number of anilines is 2. The van der Waals surface area contributed by atoms with Crippen LogP contribution in [0.3, 0.4) is 0 Å². The zero-order valence-corrected chi connectivity index (χ0v) is 20.6. The van der Waals surface area contributed by atoms with E-state index in [-0.39, 0.29) is 6.04 Å². The Morgan fingerprint density at radius 3 is 2.74 bits per heavy atom. The van der Waals surface area contributed by atoms with E-state index in [1.165, 1.54) is 38.6 Å². The van der Waals surface area contributed by atoms with E-state index in [9.17, 15) is 0 Å². The molecule has 8 nitrogen and oxygen atoms in total. The van der Waals surface area contributed by atoms with Gasteiger partial charge in [0.1, 0.15) is 0 Å². The number of nitrogens with one attached hydrogen (secondary N) is 1. The van der Waals surface area contributed by atoms with E-state index in [1.807, 2.05) is 37.7 Å². The van der Waals surface area contributed by atoms with Crippen LogP contribution in [0.25, 0.3) is 11.3 Å². The van der Waals surface area contributed by atoms with Gasteiger partial charge in [-0.1, -0.05) is 6.42 Å². The Balaban J connectivity index is 1.22. The summed E-state index contributed by atoms with van der Waals surface area (Å²) in [5.41, 5.74) is 3.90. The van der Waals surface area contributed by atoms with Crippen LogP contribution < -0.4 is 15.1 Å². The number of imidazole rings is 1. The van der Waals surface area contributed by atoms with Crippen LogP contribution in [0.5, 0.6) is 0 Å². The zero-order chi connectivity index (χ0) is 23.5. The van der Waals surface area contributed by atoms with Crippen LogP contribution in [0.15, 0.2) is 43.1 Å². The number of nitrogens with zero attached hydrogens (tertiary/aromatic N) is 7. The van der Waals surface area contributed by atoms with E-state index < -0.39 is 0 Å². The van der Waals surface area contributed by atoms with Crippen LogP contribution in [0.1, 0.15) is 50.8 Å². The smallest absolute Gasteiger partial charge is 0.151 e. The van der Waals surface area contributed by atoms with Gasteiger partial charge in [-0.05, 0) is 63.3 Å². The Morgan fingerprint density at radius 2 is 2.00 bits per heavy atom. The molecule has 1 unspecified atom stereocenters. The van der Waals surface area contributed by atoms with Crippen LogP contribution in [-0.4, -0.2) is 64.5 Å². The number of hydrogen-bond donors (Lipinski definition) is 1. The van der Waals surface area contributed by atoms with Crippen molar-refractivity contribution in [3.63, 3.8) is 0 Å². The van der Waals surface area contributed by atoms with Gasteiger partial charge >= 0.3 is 0 Å². The van der Waals surface area contributed by atoms with E-state index in [2.05, 4.69) is 66.3 Å². The fourth-order valence-electron chi connectivity index (χ4n) is 4.77. The molecule has 3 aromatic rings. The van der Waals surface area contributed by atoms with E-state index in [0.29, 0.717) is 6.04 Å². The van der Waals surface area contributed by atoms with Gasteiger partial charge in [-0.25, -0.2) is 4.98 Å². The highest BCUT2D eigenvalue weighted by atomic mass is 15.3. The number of hydrogen-bond acceptors (Lipinski definition) is 7. The molecule has 0 spiro atoms. The average molecular weight is 461 g/mol. The quantitative estimate of drug-likeness (QED) is 0.548. The van der Waals surface area contributed by atoms with E-state index in [4.69, 9.17) is 0 Å². The third-order valence-electron chi connectivity index (χ3n) is 7.35. The minimum absolute atomic E-state index is 0.0473. The lowest BCUT2D eigenvalue weighted by molar-refractivity contribution is 0.280. The molecule has 2 aliphatic rings. The largest absolute Gasteiger partial charge is 0.376 e. The maximum atomic E-state index is 4.61. The molecule has 0 aromatic carbocycles. The molecule has 34 heavy (non-hydrogen) atoms. The molecule has 0 bridgehead atoms. The lowest BCUT2D eigenvalue weighted by Crippen LogP contribution is -2.47. The number of piperidine rings is 1. The van der Waals surface area contributed by atoms with Crippen LogP contribution in [-0.2, 0) is 0 Å². The summed E-state index contributed by atoms with van der Waals surface area (Å²) in [6.45, 7) is 5.37. The number of pyridine rings is 1. The summed E-state index contributed by atoms with van der Waals surface area (Å²) < 4.78 is 2.09. The Morgan fingerprint density at radius 1 is 1.12 bits per heavy atom. The molecule has 0 amide bonds. The molecular weight excluding hydrogens is 424 g/mol. The highest BCUT2D eigenvalue weighted by Gasteiger charge is 2.24. The SMILES string of the molecule is CC(c1ccc(N2CCC[C@@H](NCC3CCC3)C2)nn1)n1cnc(-c2cncc(N(C)C)c2)c1. The molecule has 0 radical (unpaired) electrons. The molecule has 8 heteroatoms. The van der Waals surface area contributed by atoms with Gasteiger partial charge in [0.2, 0.25) is 0 Å². The maximum Gasteiger partial charge on any atom is 0.151 e. The molecule has 2 atom stereocenters.